The Morgan fingerprint density at radius 2 is 1.94 bits per heavy atom. The zero-order valence-electron chi connectivity index (χ0n) is 10.4. The number of halogens is 1. The summed E-state index contributed by atoms with van der Waals surface area (Å²) >= 11 is 5.78. The minimum absolute atomic E-state index is 0.308. The van der Waals surface area contributed by atoms with Crippen molar-refractivity contribution in [2.24, 2.45) is 0 Å². The van der Waals surface area contributed by atoms with Crippen LogP contribution in [0.5, 0.6) is 0 Å². The summed E-state index contributed by atoms with van der Waals surface area (Å²) in [6, 6.07) is 5.88. The van der Waals surface area contributed by atoms with Crippen molar-refractivity contribution in [2.75, 3.05) is 0 Å². The molecule has 0 saturated carbocycles. The molecule has 0 fully saturated rings. The van der Waals surface area contributed by atoms with Crippen LogP contribution in [-0.4, -0.2) is 28.3 Å². The molecule has 0 bridgehead atoms. The van der Waals surface area contributed by atoms with E-state index in [1.807, 2.05) is 6.92 Å². The maximum Gasteiger partial charge on any atom is 0.320 e. The van der Waals surface area contributed by atoms with E-state index in [2.05, 4.69) is 5.32 Å². The third-order valence-corrected chi connectivity index (χ3v) is 3.12. The lowest BCUT2D eigenvalue weighted by molar-refractivity contribution is -0.139. The maximum absolute atomic E-state index is 10.8. The van der Waals surface area contributed by atoms with Gasteiger partial charge in [-0.15, -0.1) is 0 Å². The van der Waals surface area contributed by atoms with Gasteiger partial charge in [-0.3, -0.25) is 10.1 Å². The first kappa shape index (κ1) is 15.0. The number of carboxylic acids is 1. The Bertz CT molecular complexity index is 394. The number of aliphatic hydroxyl groups is 1. The van der Waals surface area contributed by atoms with E-state index in [0.717, 1.165) is 5.56 Å². The number of aliphatic hydroxyl groups excluding tert-OH is 1. The number of rotatable bonds is 6. The van der Waals surface area contributed by atoms with Gasteiger partial charge in [0.15, 0.2) is 0 Å². The van der Waals surface area contributed by atoms with Crippen LogP contribution < -0.4 is 5.32 Å². The van der Waals surface area contributed by atoms with Gasteiger partial charge in [-0.2, -0.15) is 0 Å². The second-order valence-electron chi connectivity index (χ2n) is 4.24. The largest absolute Gasteiger partial charge is 0.480 e. The van der Waals surface area contributed by atoms with Gasteiger partial charge in [-0.05, 0) is 31.0 Å². The Morgan fingerprint density at radius 1 is 1.39 bits per heavy atom. The SMILES string of the molecule is CCC(NC(C)C(=O)O)C(O)c1ccc(Cl)cc1. The molecule has 0 spiro atoms. The number of aliphatic carboxylic acids is 1. The first-order chi connectivity index (χ1) is 8.45. The van der Waals surface area contributed by atoms with Crippen molar-refractivity contribution in [3.05, 3.63) is 34.9 Å². The molecule has 1 rings (SSSR count). The number of nitrogens with one attached hydrogen (secondary N) is 1. The summed E-state index contributed by atoms with van der Waals surface area (Å²) in [5.41, 5.74) is 0.719. The van der Waals surface area contributed by atoms with Gasteiger partial charge in [-0.25, -0.2) is 0 Å². The molecule has 100 valence electrons. The lowest BCUT2D eigenvalue weighted by atomic mass is 9.99. The second kappa shape index (κ2) is 6.73. The van der Waals surface area contributed by atoms with E-state index < -0.39 is 18.1 Å². The molecule has 3 N–H and O–H groups in total. The average Bonchev–Trinajstić information content (AvgIpc) is 2.35. The highest BCUT2D eigenvalue weighted by Crippen LogP contribution is 2.21. The number of carboxylic acid groups (broad SMARTS) is 1. The van der Waals surface area contributed by atoms with Crippen LogP contribution in [0.25, 0.3) is 0 Å². The predicted molar refractivity (Wildman–Crippen MR) is 70.7 cm³/mol. The molecule has 0 saturated heterocycles. The fraction of sp³-hybridized carbons (Fsp3) is 0.462. The van der Waals surface area contributed by atoms with Crippen LogP contribution in [0.3, 0.4) is 0 Å². The maximum atomic E-state index is 10.8. The van der Waals surface area contributed by atoms with E-state index in [1.165, 1.54) is 0 Å². The molecule has 0 aliphatic carbocycles. The van der Waals surface area contributed by atoms with Gasteiger partial charge in [0.1, 0.15) is 6.04 Å². The molecular formula is C13H18ClNO3. The van der Waals surface area contributed by atoms with Crippen LogP contribution >= 0.6 is 11.6 Å². The Kier molecular flexibility index (Phi) is 5.59. The second-order valence-corrected chi connectivity index (χ2v) is 4.67. The topological polar surface area (TPSA) is 69.6 Å². The van der Waals surface area contributed by atoms with Gasteiger partial charge in [0.25, 0.3) is 0 Å². The van der Waals surface area contributed by atoms with E-state index in [4.69, 9.17) is 16.7 Å². The smallest absolute Gasteiger partial charge is 0.320 e. The molecule has 4 nitrogen and oxygen atoms in total. The van der Waals surface area contributed by atoms with Crippen LogP contribution in [0.1, 0.15) is 31.9 Å². The molecule has 5 heteroatoms. The van der Waals surface area contributed by atoms with Crippen molar-refractivity contribution in [3.8, 4) is 0 Å². The minimum atomic E-state index is -0.934. The van der Waals surface area contributed by atoms with Gasteiger partial charge >= 0.3 is 5.97 Å². The van der Waals surface area contributed by atoms with Gasteiger partial charge in [0, 0.05) is 11.1 Å². The molecule has 18 heavy (non-hydrogen) atoms. The summed E-state index contributed by atoms with van der Waals surface area (Å²) in [6.45, 7) is 3.45. The molecule has 0 aliphatic heterocycles. The van der Waals surface area contributed by atoms with Crippen LogP contribution in [0.2, 0.25) is 5.02 Å². The Balaban J connectivity index is 2.75. The first-order valence-electron chi connectivity index (χ1n) is 5.88. The predicted octanol–water partition coefficient (Wildman–Crippen LogP) is 2.21. The van der Waals surface area contributed by atoms with Crippen LogP contribution in [0.15, 0.2) is 24.3 Å². The number of benzene rings is 1. The molecule has 0 amide bonds. The molecule has 3 atom stereocenters. The monoisotopic (exact) mass is 271 g/mol. The molecule has 0 aromatic heterocycles. The van der Waals surface area contributed by atoms with Gasteiger partial charge in [0.05, 0.1) is 6.10 Å². The third-order valence-electron chi connectivity index (χ3n) is 2.87. The fourth-order valence-corrected chi connectivity index (χ4v) is 1.84. The Labute approximate surface area is 112 Å². The van der Waals surface area contributed by atoms with Crippen molar-refractivity contribution in [1.29, 1.82) is 0 Å². The zero-order valence-corrected chi connectivity index (χ0v) is 11.2. The van der Waals surface area contributed by atoms with E-state index in [9.17, 15) is 9.90 Å². The number of carbonyl (C=O) groups is 1. The van der Waals surface area contributed by atoms with Gasteiger partial charge in [0.2, 0.25) is 0 Å². The van der Waals surface area contributed by atoms with Crippen molar-refractivity contribution >= 4 is 17.6 Å². The average molecular weight is 272 g/mol. The molecule has 0 radical (unpaired) electrons. The summed E-state index contributed by atoms with van der Waals surface area (Å²) in [6.07, 6.45) is -0.129. The van der Waals surface area contributed by atoms with E-state index >= 15 is 0 Å². The molecule has 1 aromatic carbocycles. The summed E-state index contributed by atoms with van der Waals surface area (Å²) in [4.78, 5) is 10.8. The number of hydrogen-bond acceptors (Lipinski definition) is 3. The molecule has 0 heterocycles. The highest BCUT2D eigenvalue weighted by atomic mass is 35.5. The van der Waals surface area contributed by atoms with Crippen molar-refractivity contribution in [2.45, 2.75) is 38.5 Å². The summed E-state index contributed by atoms with van der Waals surface area (Å²) in [5, 5.41) is 22.6. The normalized spacial score (nSPS) is 16.0. The van der Waals surface area contributed by atoms with Crippen LogP contribution in [-0.2, 0) is 4.79 Å². The molecule has 1 aromatic rings. The van der Waals surface area contributed by atoms with Crippen LogP contribution in [0.4, 0.5) is 0 Å². The van der Waals surface area contributed by atoms with Crippen molar-refractivity contribution in [3.63, 3.8) is 0 Å². The Morgan fingerprint density at radius 3 is 2.39 bits per heavy atom. The molecule has 0 aliphatic rings. The van der Waals surface area contributed by atoms with Gasteiger partial charge in [-0.1, -0.05) is 30.7 Å². The van der Waals surface area contributed by atoms with E-state index in [-0.39, 0.29) is 6.04 Å². The van der Waals surface area contributed by atoms with Crippen molar-refractivity contribution in [1.82, 2.24) is 5.32 Å². The third kappa shape index (κ3) is 3.98. The first-order valence-corrected chi connectivity index (χ1v) is 6.25. The van der Waals surface area contributed by atoms with Gasteiger partial charge < -0.3 is 10.2 Å². The summed E-state index contributed by atoms with van der Waals surface area (Å²) < 4.78 is 0. The minimum Gasteiger partial charge on any atom is -0.480 e. The standard InChI is InChI=1S/C13H18ClNO3/c1-3-11(15-8(2)13(17)18)12(16)9-4-6-10(14)7-5-9/h4-8,11-12,15-16H,3H2,1-2H3,(H,17,18). The molecule has 3 unspecified atom stereocenters. The van der Waals surface area contributed by atoms with Crippen LogP contribution in [0, 0.1) is 0 Å². The lowest BCUT2D eigenvalue weighted by Gasteiger charge is -2.25. The molecular weight excluding hydrogens is 254 g/mol. The zero-order chi connectivity index (χ0) is 13.7. The number of hydrogen-bond donors (Lipinski definition) is 3. The summed E-state index contributed by atoms with van der Waals surface area (Å²) in [5.74, 6) is -0.934. The highest BCUT2D eigenvalue weighted by Gasteiger charge is 2.23. The fourth-order valence-electron chi connectivity index (χ4n) is 1.72. The quantitative estimate of drug-likeness (QED) is 0.742. The summed E-state index contributed by atoms with van der Waals surface area (Å²) in [7, 11) is 0. The highest BCUT2D eigenvalue weighted by molar-refractivity contribution is 6.30. The van der Waals surface area contributed by atoms with Crippen molar-refractivity contribution < 1.29 is 15.0 Å². The van der Waals surface area contributed by atoms with E-state index in [0.29, 0.717) is 11.4 Å². The van der Waals surface area contributed by atoms with E-state index in [1.54, 1.807) is 31.2 Å². The lowest BCUT2D eigenvalue weighted by Crippen LogP contribution is -2.44. The Hall–Kier alpha value is -1.10.